The molecule has 1 unspecified atom stereocenters. The highest BCUT2D eigenvalue weighted by Crippen LogP contribution is 2.34. The number of rotatable bonds is 8. The summed E-state index contributed by atoms with van der Waals surface area (Å²) in [5.74, 6) is 1.46. The summed E-state index contributed by atoms with van der Waals surface area (Å²) in [7, 11) is 3.27. The predicted molar refractivity (Wildman–Crippen MR) is 83.9 cm³/mol. The normalized spacial score (nSPS) is 13.9. The van der Waals surface area contributed by atoms with Crippen molar-refractivity contribution in [3.63, 3.8) is 0 Å². The number of hydrogen-bond donors (Lipinski definition) is 2. The highest BCUT2D eigenvalue weighted by atomic mass is 32.2. The Balaban J connectivity index is 2.83. The quantitative estimate of drug-likeness (QED) is 0.723. The second-order valence-corrected chi connectivity index (χ2v) is 5.82. The number of ether oxygens (including phenoxy) is 2. The van der Waals surface area contributed by atoms with Gasteiger partial charge in [-0.1, -0.05) is 6.92 Å². The Labute approximate surface area is 125 Å². The molecule has 4 nitrogen and oxygen atoms in total. The molecule has 2 N–H and O–H groups in total. The van der Waals surface area contributed by atoms with E-state index in [1.165, 1.54) is 0 Å². The summed E-state index contributed by atoms with van der Waals surface area (Å²) in [6, 6.07) is 3.97. The maximum absolute atomic E-state index is 10.00. The van der Waals surface area contributed by atoms with E-state index in [1.807, 2.05) is 32.2 Å². The summed E-state index contributed by atoms with van der Waals surface area (Å²) < 4.78 is 10.6. The van der Waals surface area contributed by atoms with Gasteiger partial charge in [0.1, 0.15) is 0 Å². The molecule has 0 bridgehead atoms. The minimum Gasteiger partial charge on any atom is -0.493 e. The smallest absolute Gasteiger partial charge is 0.161 e. The monoisotopic (exact) mass is 299 g/mol. The van der Waals surface area contributed by atoms with Crippen LogP contribution in [0.1, 0.15) is 25.8 Å². The van der Waals surface area contributed by atoms with Gasteiger partial charge in [0, 0.05) is 18.0 Å². The lowest BCUT2D eigenvalue weighted by Gasteiger charge is -2.22. The van der Waals surface area contributed by atoms with Gasteiger partial charge in [-0.05, 0) is 37.3 Å². The molecule has 5 heteroatoms. The zero-order valence-corrected chi connectivity index (χ0v) is 13.8. The standard InChI is InChI=1S/C15H25NO3S/c1-6-15(2,17)10-16-9-11-7-12(18-3)13(19-4)8-14(11)20-5/h7-8,16-17H,6,9-10H2,1-5H3. The van der Waals surface area contributed by atoms with Crippen LogP contribution in [0.15, 0.2) is 17.0 Å². The molecule has 0 amide bonds. The molecule has 20 heavy (non-hydrogen) atoms. The topological polar surface area (TPSA) is 50.7 Å². The van der Waals surface area contributed by atoms with E-state index >= 15 is 0 Å². The molecule has 1 rings (SSSR count). The van der Waals surface area contributed by atoms with Gasteiger partial charge in [0.15, 0.2) is 11.5 Å². The van der Waals surface area contributed by atoms with Gasteiger partial charge in [-0.3, -0.25) is 0 Å². The Kier molecular flexibility index (Phi) is 6.65. The zero-order chi connectivity index (χ0) is 15.2. The first-order valence-electron chi connectivity index (χ1n) is 6.69. The van der Waals surface area contributed by atoms with Gasteiger partial charge in [0.05, 0.1) is 19.8 Å². The lowest BCUT2D eigenvalue weighted by atomic mass is 10.0. The van der Waals surface area contributed by atoms with E-state index in [0.29, 0.717) is 13.1 Å². The third-order valence-electron chi connectivity index (χ3n) is 3.37. The first-order valence-corrected chi connectivity index (χ1v) is 7.92. The number of nitrogens with one attached hydrogen (secondary N) is 1. The van der Waals surface area contributed by atoms with Crippen molar-refractivity contribution >= 4 is 11.8 Å². The molecule has 114 valence electrons. The third kappa shape index (κ3) is 4.58. The van der Waals surface area contributed by atoms with E-state index in [4.69, 9.17) is 9.47 Å². The molecule has 1 aromatic carbocycles. The Hall–Kier alpha value is -0.910. The third-order valence-corrected chi connectivity index (χ3v) is 4.19. The lowest BCUT2D eigenvalue weighted by Crippen LogP contribution is -2.36. The number of benzene rings is 1. The molecule has 0 saturated carbocycles. The summed E-state index contributed by atoms with van der Waals surface area (Å²) in [5, 5.41) is 13.3. The molecule has 1 atom stereocenters. The van der Waals surface area contributed by atoms with Crippen LogP contribution < -0.4 is 14.8 Å². The number of aliphatic hydroxyl groups is 1. The van der Waals surface area contributed by atoms with Gasteiger partial charge in [-0.2, -0.15) is 0 Å². The molecule has 0 spiro atoms. The van der Waals surface area contributed by atoms with Crippen molar-refractivity contribution in [3.05, 3.63) is 17.7 Å². The van der Waals surface area contributed by atoms with Crippen LogP contribution in [0.3, 0.4) is 0 Å². The van der Waals surface area contributed by atoms with Crippen LogP contribution in [0.4, 0.5) is 0 Å². The van der Waals surface area contributed by atoms with Crippen LogP contribution in [0.2, 0.25) is 0 Å². The van der Waals surface area contributed by atoms with Gasteiger partial charge in [-0.25, -0.2) is 0 Å². The van der Waals surface area contributed by atoms with Crippen molar-refractivity contribution in [2.24, 2.45) is 0 Å². The first kappa shape index (κ1) is 17.1. The Morgan fingerprint density at radius 1 is 1.25 bits per heavy atom. The highest BCUT2D eigenvalue weighted by Gasteiger charge is 2.17. The largest absolute Gasteiger partial charge is 0.493 e. The van der Waals surface area contributed by atoms with Crippen LogP contribution in [-0.4, -0.2) is 37.7 Å². The van der Waals surface area contributed by atoms with E-state index in [9.17, 15) is 5.11 Å². The summed E-state index contributed by atoms with van der Waals surface area (Å²) in [5.41, 5.74) is 0.470. The Morgan fingerprint density at radius 2 is 1.85 bits per heavy atom. The lowest BCUT2D eigenvalue weighted by molar-refractivity contribution is 0.0555. The minimum atomic E-state index is -0.671. The van der Waals surface area contributed by atoms with E-state index in [2.05, 4.69) is 5.32 Å². The molecule has 0 aromatic heterocycles. The van der Waals surface area contributed by atoms with Gasteiger partial charge < -0.3 is 19.9 Å². The van der Waals surface area contributed by atoms with E-state index in [1.54, 1.807) is 26.0 Å². The first-order chi connectivity index (χ1) is 9.47. The van der Waals surface area contributed by atoms with Crippen LogP contribution in [0.5, 0.6) is 11.5 Å². The van der Waals surface area contributed by atoms with Crippen molar-refractivity contribution in [2.45, 2.75) is 37.3 Å². The van der Waals surface area contributed by atoms with Crippen molar-refractivity contribution in [1.29, 1.82) is 0 Å². The van der Waals surface area contributed by atoms with Crippen molar-refractivity contribution in [1.82, 2.24) is 5.32 Å². The molecule has 0 fully saturated rings. The predicted octanol–water partition coefficient (Wildman–Crippen LogP) is 2.68. The van der Waals surface area contributed by atoms with Crippen molar-refractivity contribution < 1.29 is 14.6 Å². The molecule has 0 aliphatic rings. The maximum atomic E-state index is 10.00. The van der Waals surface area contributed by atoms with Crippen LogP contribution in [0, 0.1) is 0 Å². The fourth-order valence-electron chi connectivity index (χ4n) is 1.82. The Morgan fingerprint density at radius 3 is 2.35 bits per heavy atom. The number of hydrogen-bond acceptors (Lipinski definition) is 5. The number of thioether (sulfide) groups is 1. The summed E-state index contributed by atoms with van der Waals surface area (Å²) >= 11 is 1.67. The van der Waals surface area contributed by atoms with E-state index < -0.39 is 5.60 Å². The van der Waals surface area contributed by atoms with Gasteiger partial charge in [-0.15, -0.1) is 11.8 Å². The Bertz CT molecular complexity index is 435. The fraction of sp³-hybridized carbons (Fsp3) is 0.600. The average molecular weight is 299 g/mol. The molecule has 0 radical (unpaired) electrons. The summed E-state index contributed by atoms with van der Waals surface area (Å²) in [6.45, 7) is 5.06. The molecular weight excluding hydrogens is 274 g/mol. The van der Waals surface area contributed by atoms with Gasteiger partial charge in [0.25, 0.3) is 0 Å². The molecule has 0 heterocycles. The van der Waals surface area contributed by atoms with E-state index in [0.717, 1.165) is 28.4 Å². The van der Waals surface area contributed by atoms with Crippen LogP contribution >= 0.6 is 11.8 Å². The van der Waals surface area contributed by atoms with Gasteiger partial charge in [0.2, 0.25) is 0 Å². The highest BCUT2D eigenvalue weighted by molar-refractivity contribution is 7.98. The minimum absolute atomic E-state index is 0.561. The molecule has 1 aromatic rings. The molecular formula is C15H25NO3S. The second-order valence-electron chi connectivity index (χ2n) is 4.97. The summed E-state index contributed by atoms with van der Waals surface area (Å²) in [6.07, 6.45) is 2.76. The van der Waals surface area contributed by atoms with Gasteiger partial charge >= 0.3 is 0 Å². The average Bonchev–Trinajstić information content (AvgIpc) is 2.46. The fourth-order valence-corrected chi connectivity index (χ4v) is 2.44. The SMILES string of the molecule is CCC(C)(O)CNCc1cc(OC)c(OC)cc1SC. The molecule has 0 aliphatic heterocycles. The maximum Gasteiger partial charge on any atom is 0.161 e. The van der Waals surface area contributed by atoms with E-state index in [-0.39, 0.29) is 0 Å². The number of methoxy groups -OCH3 is 2. The summed E-state index contributed by atoms with van der Waals surface area (Å²) in [4.78, 5) is 1.14. The zero-order valence-electron chi connectivity index (χ0n) is 12.9. The molecule has 0 aliphatic carbocycles. The van der Waals surface area contributed by atoms with Crippen molar-refractivity contribution in [2.75, 3.05) is 27.0 Å². The van der Waals surface area contributed by atoms with Crippen LogP contribution in [0.25, 0.3) is 0 Å². The van der Waals surface area contributed by atoms with Crippen molar-refractivity contribution in [3.8, 4) is 11.5 Å². The second kappa shape index (κ2) is 7.76. The van der Waals surface area contributed by atoms with Crippen LogP contribution in [-0.2, 0) is 6.54 Å². The molecule has 0 saturated heterocycles.